The number of aromatic hydroxyl groups is 2. The van der Waals surface area contributed by atoms with Crippen molar-refractivity contribution in [3.63, 3.8) is 0 Å². The Morgan fingerprint density at radius 1 is 0.690 bits per heavy atom. The minimum absolute atomic E-state index is 0.184. The summed E-state index contributed by atoms with van der Waals surface area (Å²) in [5, 5.41) is 29.8. The van der Waals surface area contributed by atoms with Crippen molar-refractivity contribution in [1.82, 2.24) is 0 Å². The summed E-state index contributed by atoms with van der Waals surface area (Å²) in [5.41, 5.74) is 0.0617. The van der Waals surface area contributed by atoms with Gasteiger partial charge in [-0.15, -0.1) is 0 Å². The standard InChI is InChI=1S/C32H21BrN2O6S/c33-18-6-5-7-20(16-18)35-32(42)34-19-14-12-17(13-15-19)25(26-28(36)21-8-1-3-10-23(21)40-30(26)38)27-29(37)22-9-2-4-11-24(22)41-31(27)39/h1-16,25,36-37H,(H2,34,35,42). The maximum Gasteiger partial charge on any atom is 0.344 e. The van der Waals surface area contributed by atoms with E-state index in [9.17, 15) is 19.8 Å². The quantitative estimate of drug-likeness (QED) is 0.116. The predicted molar refractivity (Wildman–Crippen MR) is 170 cm³/mol. The van der Waals surface area contributed by atoms with Gasteiger partial charge in [-0.2, -0.15) is 0 Å². The highest BCUT2D eigenvalue weighted by molar-refractivity contribution is 9.10. The number of fused-ring (bicyclic) bond motifs is 2. The van der Waals surface area contributed by atoms with Crippen LogP contribution in [-0.2, 0) is 0 Å². The average Bonchev–Trinajstić information content (AvgIpc) is 2.97. The number of rotatable bonds is 5. The second-order valence-corrected chi connectivity index (χ2v) is 10.8. The average molecular weight is 641 g/mol. The smallest absolute Gasteiger partial charge is 0.344 e. The summed E-state index contributed by atoms with van der Waals surface area (Å²) in [7, 11) is 0. The first kappa shape index (κ1) is 27.3. The van der Waals surface area contributed by atoms with Crippen molar-refractivity contribution in [3.05, 3.63) is 139 Å². The van der Waals surface area contributed by atoms with Crippen LogP contribution in [0.5, 0.6) is 11.5 Å². The predicted octanol–water partition coefficient (Wildman–Crippen LogP) is 7.06. The molecule has 0 amide bonds. The fraction of sp³-hybridized carbons (Fsp3) is 0.0312. The molecule has 0 unspecified atom stereocenters. The molecule has 0 saturated heterocycles. The van der Waals surface area contributed by atoms with Gasteiger partial charge in [0, 0.05) is 15.8 Å². The Balaban J connectivity index is 1.46. The molecule has 208 valence electrons. The van der Waals surface area contributed by atoms with Crippen molar-refractivity contribution in [1.29, 1.82) is 0 Å². The highest BCUT2D eigenvalue weighted by Gasteiger charge is 2.32. The summed E-state index contributed by atoms with van der Waals surface area (Å²) < 4.78 is 12.0. The Kier molecular flexibility index (Phi) is 7.24. The van der Waals surface area contributed by atoms with Crippen molar-refractivity contribution < 1.29 is 19.0 Å². The van der Waals surface area contributed by atoms with Crippen molar-refractivity contribution in [3.8, 4) is 11.5 Å². The normalized spacial score (nSPS) is 11.2. The zero-order chi connectivity index (χ0) is 29.4. The van der Waals surface area contributed by atoms with Crippen LogP contribution in [0.25, 0.3) is 21.9 Å². The van der Waals surface area contributed by atoms with Crippen LogP contribution in [0.1, 0.15) is 22.6 Å². The van der Waals surface area contributed by atoms with Gasteiger partial charge >= 0.3 is 11.3 Å². The number of thiocarbonyl (C=S) groups is 1. The number of halogens is 1. The molecule has 0 aliphatic carbocycles. The van der Waals surface area contributed by atoms with Gasteiger partial charge in [0.25, 0.3) is 0 Å². The minimum Gasteiger partial charge on any atom is -0.507 e. The molecule has 0 bridgehead atoms. The molecule has 6 aromatic rings. The fourth-order valence-corrected chi connectivity index (χ4v) is 5.54. The van der Waals surface area contributed by atoms with Gasteiger partial charge in [-0.1, -0.05) is 58.4 Å². The summed E-state index contributed by atoms with van der Waals surface area (Å²) in [6.45, 7) is 0. The second kappa shape index (κ2) is 11.2. The molecule has 2 aromatic heterocycles. The van der Waals surface area contributed by atoms with Crippen LogP contribution in [-0.4, -0.2) is 15.3 Å². The third-order valence-corrected chi connectivity index (χ3v) is 7.50. The Bertz CT molecular complexity index is 2010. The van der Waals surface area contributed by atoms with Crippen LogP contribution in [0.3, 0.4) is 0 Å². The van der Waals surface area contributed by atoms with Crippen LogP contribution in [0, 0.1) is 0 Å². The lowest BCUT2D eigenvalue weighted by Gasteiger charge is -2.20. The zero-order valence-electron chi connectivity index (χ0n) is 21.6. The molecule has 0 aliphatic heterocycles. The highest BCUT2D eigenvalue weighted by Crippen LogP contribution is 2.42. The van der Waals surface area contributed by atoms with Gasteiger partial charge in [-0.3, -0.25) is 0 Å². The van der Waals surface area contributed by atoms with Crippen LogP contribution in [0.15, 0.2) is 120 Å². The Labute approximate surface area is 252 Å². The largest absolute Gasteiger partial charge is 0.507 e. The number of para-hydroxylation sites is 2. The summed E-state index contributed by atoms with van der Waals surface area (Å²) in [5.74, 6) is -1.95. The summed E-state index contributed by atoms with van der Waals surface area (Å²) in [4.78, 5) is 26.7. The fourth-order valence-electron chi connectivity index (χ4n) is 4.90. The molecule has 42 heavy (non-hydrogen) atoms. The lowest BCUT2D eigenvalue weighted by atomic mass is 9.84. The van der Waals surface area contributed by atoms with E-state index >= 15 is 0 Å². The Morgan fingerprint density at radius 2 is 1.21 bits per heavy atom. The van der Waals surface area contributed by atoms with Crippen molar-refractivity contribution in [2.75, 3.05) is 10.6 Å². The molecular weight excluding hydrogens is 620 g/mol. The van der Waals surface area contributed by atoms with Gasteiger partial charge < -0.3 is 29.7 Å². The summed E-state index contributed by atoms with van der Waals surface area (Å²) in [6, 6.07) is 27.3. The van der Waals surface area contributed by atoms with E-state index in [1.807, 2.05) is 24.3 Å². The number of benzene rings is 4. The SMILES string of the molecule is O=c1oc2ccccc2c(O)c1C(c1ccc(NC(=S)Nc2cccc(Br)c2)cc1)c1c(O)c2ccccc2oc1=O. The molecule has 0 spiro atoms. The molecule has 4 aromatic carbocycles. The molecule has 0 saturated carbocycles. The first-order valence-corrected chi connectivity index (χ1v) is 13.9. The van der Waals surface area contributed by atoms with E-state index in [-0.39, 0.29) is 44.6 Å². The second-order valence-electron chi connectivity index (χ2n) is 9.44. The van der Waals surface area contributed by atoms with Gasteiger partial charge in [0.2, 0.25) is 0 Å². The molecule has 0 aliphatic rings. The number of anilines is 2. The van der Waals surface area contributed by atoms with Crippen LogP contribution in [0.2, 0.25) is 0 Å². The molecule has 4 N–H and O–H groups in total. The molecule has 2 heterocycles. The van der Waals surface area contributed by atoms with Crippen LogP contribution >= 0.6 is 28.1 Å². The molecule has 0 radical (unpaired) electrons. The highest BCUT2D eigenvalue weighted by atomic mass is 79.9. The van der Waals surface area contributed by atoms with E-state index < -0.39 is 17.2 Å². The minimum atomic E-state index is -1.23. The van der Waals surface area contributed by atoms with E-state index in [1.54, 1.807) is 72.8 Å². The molecule has 0 atom stereocenters. The van der Waals surface area contributed by atoms with E-state index in [0.717, 1.165) is 10.2 Å². The molecular formula is C32H21BrN2O6S. The zero-order valence-corrected chi connectivity index (χ0v) is 24.0. The molecule has 10 heteroatoms. The maximum absolute atomic E-state index is 13.4. The van der Waals surface area contributed by atoms with E-state index in [1.165, 1.54) is 0 Å². The number of hydrogen-bond donors (Lipinski definition) is 4. The number of nitrogens with one attached hydrogen (secondary N) is 2. The Morgan fingerprint density at radius 3 is 1.76 bits per heavy atom. The van der Waals surface area contributed by atoms with Gasteiger partial charge in [0.1, 0.15) is 22.7 Å². The van der Waals surface area contributed by atoms with Crippen LogP contribution < -0.4 is 21.9 Å². The lowest BCUT2D eigenvalue weighted by Crippen LogP contribution is -2.21. The Hall–Kier alpha value is -4.93. The first-order valence-electron chi connectivity index (χ1n) is 12.7. The third kappa shape index (κ3) is 5.13. The summed E-state index contributed by atoms with van der Waals surface area (Å²) in [6.07, 6.45) is 0. The third-order valence-electron chi connectivity index (χ3n) is 6.80. The van der Waals surface area contributed by atoms with Crippen LogP contribution in [0.4, 0.5) is 11.4 Å². The topological polar surface area (TPSA) is 125 Å². The van der Waals surface area contributed by atoms with E-state index in [4.69, 9.17) is 21.1 Å². The molecule has 8 nitrogen and oxygen atoms in total. The molecule has 6 rings (SSSR count). The maximum atomic E-state index is 13.4. The van der Waals surface area contributed by atoms with E-state index in [2.05, 4.69) is 26.6 Å². The first-order chi connectivity index (χ1) is 20.3. The lowest BCUT2D eigenvalue weighted by molar-refractivity contribution is 0.441. The van der Waals surface area contributed by atoms with Crippen molar-refractivity contribution >= 4 is 66.6 Å². The van der Waals surface area contributed by atoms with Gasteiger partial charge in [-0.25, -0.2) is 9.59 Å². The molecule has 0 fully saturated rings. The monoisotopic (exact) mass is 640 g/mol. The van der Waals surface area contributed by atoms with Gasteiger partial charge in [0.15, 0.2) is 5.11 Å². The van der Waals surface area contributed by atoms with Gasteiger partial charge in [0.05, 0.1) is 27.8 Å². The van der Waals surface area contributed by atoms with Crippen molar-refractivity contribution in [2.24, 2.45) is 0 Å². The van der Waals surface area contributed by atoms with Crippen molar-refractivity contribution in [2.45, 2.75) is 5.92 Å². The number of hydrogen-bond acceptors (Lipinski definition) is 7. The van der Waals surface area contributed by atoms with Gasteiger partial charge in [-0.05, 0) is 72.4 Å². The van der Waals surface area contributed by atoms with E-state index in [0.29, 0.717) is 16.4 Å². The summed E-state index contributed by atoms with van der Waals surface area (Å²) >= 11 is 8.87.